The molecule has 0 aliphatic carbocycles. The molecule has 0 radical (unpaired) electrons. The molecule has 2 aromatic rings. The summed E-state index contributed by atoms with van der Waals surface area (Å²) in [4.78, 5) is 26.6. The van der Waals surface area contributed by atoms with Gasteiger partial charge in [-0.2, -0.15) is 0 Å². The van der Waals surface area contributed by atoms with Crippen LogP contribution in [-0.2, 0) is 17.6 Å². The predicted molar refractivity (Wildman–Crippen MR) is 98.2 cm³/mol. The van der Waals surface area contributed by atoms with Gasteiger partial charge in [0.15, 0.2) is 0 Å². The second kappa shape index (κ2) is 7.91. The van der Waals surface area contributed by atoms with Crippen LogP contribution in [0.5, 0.6) is 0 Å². The Morgan fingerprint density at radius 1 is 1.46 bits per heavy atom. The summed E-state index contributed by atoms with van der Waals surface area (Å²) in [6, 6.07) is 7.43. The fourth-order valence-electron chi connectivity index (χ4n) is 3.25. The second-order valence-corrected chi connectivity index (χ2v) is 6.94. The zero-order valence-corrected chi connectivity index (χ0v) is 15.7. The number of aryl methyl sites for hydroxylation is 2. The quantitative estimate of drug-likeness (QED) is 0.842. The Bertz CT molecular complexity index is 818. The minimum atomic E-state index is -0.227. The topological polar surface area (TPSA) is 75.4 Å². The zero-order chi connectivity index (χ0) is 18.7. The summed E-state index contributed by atoms with van der Waals surface area (Å²) in [7, 11) is 0. The Hall–Kier alpha value is -2.34. The monoisotopic (exact) mass is 375 g/mol. The summed E-state index contributed by atoms with van der Waals surface area (Å²) in [5.74, 6) is 0.326. The predicted octanol–water partition coefficient (Wildman–Crippen LogP) is 2.77. The van der Waals surface area contributed by atoms with Crippen LogP contribution in [0.2, 0.25) is 5.02 Å². The van der Waals surface area contributed by atoms with Crippen molar-refractivity contribution in [2.45, 2.75) is 39.2 Å². The first-order valence-corrected chi connectivity index (χ1v) is 9.14. The Morgan fingerprint density at radius 3 is 3.00 bits per heavy atom. The van der Waals surface area contributed by atoms with E-state index in [2.05, 4.69) is 10.5 Å². The van der Waals surface area contributed by atoms with E-state index in [9.17, 15) is 9.59 Å². The first-order valence-electron chi connectivity index (χ1n) is 8.76. The second-order valence-electron chi connectivity index (χ2n) is 6.51. The fraction of sp³-hybridized carbons (Fsp3) is 0.421. The molecule has 2 amide bonds. The van der Waals surface area contributed by atoms with Crippen LogP contribution in [0.25, 0.3) is 0 Å². The number of nitrogens with one attached hydrogen (secondary N) is 1. The molecule has 0 saturated carbocycles. The molecule has 1 saturated heterocycles. The molecule has 1 aromatic carbocycles. The molecule has 1 aliphatic heterocycles. The number of carbonyl (C=O) groups excluding carboxylic acids is 2. The number of benzene rings is 1. The van der Waals surface area contributed by atoms with Gasteiger partial charge in [0, 0.05) is 24.5 Å². The van der Waals surface area contributed by atoms with Crippen LogP contribution in [-0.4, -0.2) is 41.0 Å². The molecule has 0 bridgehead atoms. The lowest BCUT2D eigenvalue weighted by atomic mass is 10.1. The molecule has 1 aliphatic rings. The minimum Gasteiger partial charge on any atom is -0.361 e. The van der Waals surface area contributed by atoms with Crippen LogP contribution in [0.1, 0.15) is 40.7 Å². The maximum absolute atomic E-state index is 12.5. The van der Waals surface area contributed by atoms with Gasteiger partial charge in [0.2, 0.25) is 5.91 Å². The molecule has 2 heterocycles. The van der Waals surface area contributed by atoms with Crippen molar-refractivity contribution >= 4 is 23.4 Å². The van der Waals surface area contributed by atoms with E-state index < -0.39 is 0 Å². The van der Waals surface area contributed by atoms with Gasteiger partial charge in [-0.1, -0.05) is 35.8 Å². The molecule has 0 unspecified atom stereocenters. The number of rotatable bonds is 6. The van der Waals surface area contributed by atoms with Crippen LogP contribution in [0.15, 0.2) is 28.8 Å². The first-order chi connectivity index (χ1) is 12.5. The molecule has 1 aromatic heterocycles. The van der Waals surface area contributed by atoms with Crippen LogP contribution >= 0.6 is 11.6 Å². The van der Waals surface area contributed by atoms with E-state index in [0.717, 1.165) is 12.0 Å². The van der Waals surface area contributed by atoms with Gasteiger partial charge in [-0.05, 0) is 37.5 Å². The van der Waals surface area contributed by atoms with E-state index in [1.54, 1.807) is 11.8 Å². The van der Waals surface area contributed by atoms with Gasteiger partial charge in [0.1, 0.15) is 11.3 Å². The molecule has 26 heavy (non-hydrogen) atoms. The average molecular weight is 376 g/mol. The summed E-state index contributed by atoms with van der Waals surface area (Å²) >= 11 is 5.99. The highest BCUT2D eigenvalue weighted by Gasteiger charge is 2.31. The molecule has 6 nitrogen and oxygen atoms in total. The third-order valence-electron chi connectivity index (χ3n) is 4.60. The third kappa shape index (κ3) is 4.07. The number of amides is 2. The fourth-order valence-corrected chi connectivity index (χ4v) is 3.46. The molecule has 1 N–H and O–H groups in total. The number of halogens is 1. The van der Waals surface area contributed by atoms with Crippen molar-refractivity contribution in [1.82, 2.24) is 15.4 Å². The van der Waals surface area contributed by atoms with Crippen LogP contribution in [0.4, 0.5) is 0 Å². The Labute approximate surface area is 157 Å². The van der Waals surface area contributed by atoms with Crippen molar-refractivity contribution in [2.24, 2.45) is 0 Å². The van der Waals surface area contributed by atoms with Crippen molar-refractivity contribution in [3.63, 3.8) is 0 Å². The van der Waals surface area contributed by atoms with Crippen molar-refractivity contribution < 1.29 is 14.1 Å². The number of carbonyl (C=O) groups is 2. The normalized spacial score (nSPS) is 17.0. The Morgan fingerprint density at radius 2 is 2.27 bits per heavy atom. The van der Waals surface area contributed by atoms with Gasteiger partial charge in [0.25, 0.3) is 5.91 Å². The third-order valence-corrected chi connectivity index (χ3v) is 4.84. The highest BCUT2D eigenvalue weighted by Crippen LogP contribution is 2.17. The molecule has 138 valence electrons. The lowest BCUT2D eigenvalue weighted by Gasteiger charge is -2.17. The van der Waals surface area contributed by atoms with Gasteiger partial charge >= 0.3 is 0 Å². The van der Waals surface area contributed by atoms with E-state index in [0.29, 0.717) is 48.0 Å². The maximum atomic E-state index is 12.5. The van der Waals surface area contributed by atoms with E-state index in [1.807, 2.05) is 31.2 Å². The highest BCUT2D eigenvalue weighted by atomic mass is 35.5. The highest BCUT2D eigenvalue weighted by molar-refractivity contribution is 6.30. The molecule has 1 fully saturated rings. The standard InChI is InChI=1S/C19H22ClN3O3/c1-3-16-18(12(2)26-22-16)19(25)21-15-10-17(24)23(11-15)8-7-13-5-4-6-14(20)9-13/h4-6,9,15H,3,7-8,10-11H2,1-2H3,(H,21,25)/t15-/m0/s1. The lowest BCUT2D eigenvalue weighted by Crippen LogP contribution is -2.38. The van der Waals surface area contributed by atoms with Crippen molar-refractivity contribution in [3.05, 3.63) is 51.9 Å². The van der Waals surface area contributed by atoms with E-state index in [1.165, 1.54) is 0 Å². The zero-order valence-electron chi connectivity index (χ0n) is 14.9. The van der Waals surface area contributed by atoms with E-state index >= 15 is 0 Å². The van der Waals surface area contributed by atoms with Crippen molar-refractivity contribution in [2.75, 3.05) is 13.1 Å². The van der Waals surface area contributed by atoms with E-state index in [4.69, 9.17) is 16.1 Å². The molecule has 0 spiro atoms. The first kappa shape index (κ1) is 18.5. The molecule has 3 rings (SSSR count). The van der Waals surface area contributed by atoms with Gasteiger partial charge in [0.05, 0.1) is 11.7 Å². The maximum Gasteiger partial charge on any atom is 0.257 e. The number of nitrogens with zero attached hydrogens (tertiary/aromatic N) is 2. The van der Waals surface area contributed by atoms with E-state index in [-0.39, 0.29) is 17.9 Å². The number of aromatic nitrogens is 1. The minimum absolute atomic E-state index is 0.0510. The van der Waals surface area contributed by atoms with Gasteiger partial charge in [-0.3, -0.25) is 9.59 Å². The SMILES string of the molecule is CCc1noc(C)c1C(=O)N[C@H]1CC(=O)N(CCc2cccc(Cl)c2)C1. The van der Waals surface area contributed by atoms with Crippen LogP contribution in [0, 0.1) is 6.92 Å². The lowest BCUT2D eigenvalue weighted by molar-refractivity contribution is -0.127. The molecule has 1 atom stereocenters. The summed E-state index contributed by atoms with van der Waals surface area (Å²) in [6.45, 7) is 4.76. The van der Waals surface area contributed by atoms with Gasteiger partial charge in [-0.15, -0.1) is 0 Å². The summed E-state index contributed by atoms with van der Waals surface area (Å²) < 4.78 is 5.11. The summed E-state index contributed by atoms with van der Waals surface area (Å²) in [5.41, 5.74) is 2.21. The summed E-state index contributed by atoms with van der Waals surface area (Å²) in [6.07, 6.45) is 1.67. The largest absolute Gasteiger partial charge is 0.361 e. The van der Waals surface area contributed by atoms with Crippen molar-refractivity contribution in [1.29, 1.82) is 0 Å². The van der Waals surface area contributed by atoms with Gasteiger partial charge < -0.3 is 14.7 Å². The number of likely N-dealkylation sites (tertiary alicyclic amines) is 1. The smallest absolute Gasteiger partial charge is 0.257 e. The Balaban J connectivity index is 1.57. The summed E-state index contributed by atoms with van der Waals surface area (Å²) in [5, 5.41) is 7.54. The van der Waals surface area contributed by atoms with Crippen LogP contribution in [0.3, 0.4) is 0 Å². The number of hydrogen-bond donors (Lipinski definition) is 1. The van der Waals surface area contributed by atoms with Crippen LogP contribution < -0.4 is 5.32 Å². The Kier molecular flexibility index (Phi) is 5.61. The molecular formula is C19H22ClN3O3. The van der Waals surface area contributed by atoms with Crippen molar-refractivity contribution in [3.8, 4) is 0 Å². The number of hydrogen-bond acceptors (Lipinski definition) is 4. The molecular weight excluding hydrogens is 354 g/mol. The molecule has 7 heteroatoms. The van der Waals surface area contributed by atoms with Gasteiger partial charge in [-0.25, -0.2) is 0 Å². The average Bonchev–Trinajstić information content (AvgIpc) is 3.15.